The molecule has 8 heteroatoms. The van der Waals surface area contributed by atoms with Crippen molar-refractivity contribution < 1.29 is 17.9 Å². The van der Waals surface area contributed by atoms with Gasteiger partial charge in [-0.15, -0.1) is 0 Å². The van der Waals surface area contributed by atoms with Gasteiger partial charge in [0, 0.05) is 18.4 Å². The average Bonchev–Trinajstić information content (AvgIpc) is 2.76. The molecule has 156 valence electrons. The van der Waals surface area contributed by atoms with Gasteiger partial charge in [-0.05, 0) is 55.0 Å². The molecule has 0 spiro atoms. The number of hydrogen-bond acceptors (Lipinski definition) is 5. The third-order valence-electron chi connectivity index (χ3n) is 4.21. The van der Waals surface area contributed by atoms with Gasteiger partial charge in [0.15, 0.2) is 0 Å². The number of ether oxygens (including phenoxy) is 1. The number of nitrogens with one attached hydrogen (secondary N) is 2. The van der Waals surface area contributed by atoms with Crippen LogP contribution in [0.25, 0.3) is 0 Å². The molecule has 2 aromatic carbocycles. The van der Waals surface area contributed by atoms with Crippen molar-refractivity contribution in [1.29, 1.82) is 0 Å². The van der Waals surface area contributed by atoms with E-state index in [0.717, 1.165) is 12.8 Å². The van der Waals surface area contributed by atoms with Crippen LogP contribution in [0.4, 0.5) is 5.69 Å². The number of unbranched alkanes of at least 4 members (excludes halogenated alkanes) is 1. The first kappa shape index (κ1) is 21.3. The number of hydrogen-bond donors (Lipinski definition) is 2. The first-order valence-electron chi connectivity index (χ1n) is 9.58. The Labute approximate surface area is 176 Å². The van der Waals surface area contributed by atoms with E-state index in [1.54, 1.807) is 60.8 Å². The number of carbonyl (C=O) groups excluding carboxylic acids is 1. The lowest BCUT2D eigenvalue weighted by Gasteiger charge is -2.11. The molecular formula is C22H23N3O4S. The molecule has 0 atom stereocenters. The van der Waals surface area contributed by atoms with Gasteiger partial charge in [-0.1, -0.05) is 31.5 Å². The lowest BCUT2D eigenvalue weighted by Crippen LogP contribution is -2.24. The van der Waals surface area contributed by atoms with Crippen molar-refractivity contribution in [2.24, 2.45) is 0 Å². The highest BCUT2D eigenvalue weighted by Crippen LogP contribution is 2.25. The minimum Gasteiger partial charge on any atom is -0.438 e. The summed E-state index contributed by atoms with van der Waals surface area (Å²) < 4.78 is 33.1. The Hall–Kier alpha value is -3.39. The minimum absolute atomic E-state index is 0.178. The van der Waals surface area contributed by atoms with Gasteiger partial charge in [0.25, 0.3) is 15.9 Å². The summed E-state index contributed by atoms with van der Waals surface area (Å²) in [7, 11) is -3.67. The molecule has 0 saturated heterocycles. The van der Waals surface area contributed by atoms with E-state index in [1.165, 1.54) is 12.1 Å². The molecule has 3 aromatic rings. The third-order valence-corrected chi connectivity index (χ3v) is 5.60. The molecular weight excluding hydrogens is 402 g/mol. The van der Waals surface area contributed by atoms with Crippen molar-refractivity contribution >= 4 is 21.6 Å². The normalized spacial score (nSPS) is 11.0. The topological polar surface area (TPSA) is 97.4 Å². The molecule has 1 aromatic heterocycles. The maximum Gasteiger partial charge on any atom is 0.261 e. The quantitative estimate of drug-likeness (QED) is 0.501. The van der Waals surface area contributed by atoms with Crippen LogP contribution in [0.3, 0.4) is 0 Å². The highest BCUT2D eigenvalue weighted by Gasteiger charge is 2.15. The zero-order valence-electron chi connectivity index (χ0n) is 16.5. The number of pyridine rings is 1. The second-order valence-electron chi connectivity index (χ2n) is 6.51. The van der Waals surface area contributed by atoms with E-state index in [9.17, 15) is 13.2 Å². The van der Waals surface area contributed by atoms with Gasteiger partial charge in [-0.25, -0.2) is 13.4 Å². The average molecular weight is 426 g/mol. The first-order chi connectivity index (χ1) is 14.5. The van der Waals surface area contributed by atoms with E-state index in [-0.39, 0.29) is 16.7 Å². The molecule has 3 rings (SSSR count). The summed E-state index contributed by atoms with van der Waals surface area (Å²) >= 11 is 0. The molecule has 0 aliphatic rings. The Kier molecular flexibility index (Phi) is 7.03. The maximum atomic E-state index is 12.4. The smallest absolute Gasteiger partial charge is 0.261 e. The summed E-state index contributed by atoms with van der Waals surface area (Å²) in [4.78, 5) is 16.7. The SMILES string of the molecule is CCCCNC(=O)c1cccnc1Oc1ccc(NS(=O)(=O)c2ccccc2)cc1. The highest BCUT2D eigenvalue weighted by atomic mass is 32.2. The van der Waals surface area contributed by atoms with Crippen molar-refractivity contribution in [1.82, 2.24) is 10.3 Å². The predicted octanol–water partition coefficient (Wildman–Crippen LogP) is 4.20. The number of benzene rings is 2. The number of anilines is 1. The van der Waals surface area contributed by atoms with Crippen LogP contribution >= 0.6 is 0 Å². The van der Waals surface area contributed by atoms with Crippen LogP contribution in [0.1, 0.15) is 30.1 Å². The van der Waals surface area contributed by atoms with Crippen LogP contribution < -0.4 is 14.8 Å². The van der Waals surface area contributed by atoms with E-state index in [4.69, 9.17) is 4.74 Å². The predicted molar refractivity (Wildman–Crippen MR) is 115 cm³/mol. The van der Waals surface area contributed by atoms with Crippen LogP contribution in [0.2, 0.25) is 0 Å². The molecule has 1 heterocycles. The summed E-state index contributed by atoms with van der Waals surface area (Å²) in [6.07, 6.45) is 3.42. The highest BCUT2D eigenvalue weighted by molar-refractivity contribution is 7.92. The Morgan fingerprint density at radius 1 is 1.00 bits per heavy atom. The van der Waals surface area contributed by atoms with Crippen molar-refractivity contribution in [3.8, 4) is 11.6 Å². The summed E-state index contributed by atoms with van der Waals surface area (Å²) in [5, 5.41) is 2.84. The molecule has 0 saturated carbocycles. The summed E-state index contributed by atoms with van der Waals surface area (Å²) in [5.41, 5.74) is 0.729. The Balaban J connectivity index is 1.70. The van der Waals surface area contributed by atoms with Gasteiger partial charge in [-0.3, -0.25) is 9.52 Å². The van der Waals surface area contributed by atoms with Crippen LogP contribution in [0.5, 0.6) is 11.6 Å². The second-order valence-corrected chi connectivity index (χ2v) is 8.19. The molecule has 7 nitrogen and oxygen atoms in total. The monoisotopic (exact) mass is 425 g/mol. The largest absolute Gasteiger partial charge is 0.438 e. The number of nitrogens with zero attached hydrogens (tertiary/aromatic N) is 1. The maximum absolute atomic E-state index is 12.4. The van der Waals surface area contributed by atoms with Crippen LogP contribution in [0, 0.1) is 0 Å². The van der Waals surface area contributed by atoms with E-state index < -0.39 is 10.0 Å². The van der Waals surface area contributed by atoms with Gasteiger partial charge in [0.05, 0.1) is 4.90 Å². The molecule has 30 heavy (non-hydrogen) atoms. The fourth-order valence-corrected chi connectivity index (χ4v) is 3.71. The van der Waals surface area contributed by atoms with Crippen molar-refractivity contribution in [3.05, 3.63) is 78.5 Å². The molecule has 0 bridgehead atoms. The van der Waals surface area contributed by atoms with Crippen LogP contribution in [-0.4, -0.2) is 25.9 Å². The van der Waals surface area contributed by atoms with E-state index in [0.29, 0.717) is 23.5 Å². The number of aromatic nitrogens is 1. The molecule has 0 aliphatic heterocycles. The van der Waals surface area contributed by atoms with Gasteiger partial charge < -0.3 is 10.1 Å². The van der Waals surface area contributed by atoms with Crippen LogP contribution in [-0.2, 0) is 10.0 Å². The van der Waals surface area contributed by atoms with Gasteiger partial charge in [-0.2, -0.15) is 0 Å². The number of sulfonamides is 1. The summed E-state index contributed by atoms with van der Waals surface area (Å²) in [6, 6.07) is 17.8. The van der Waals surface area contributed by atoms with Crippen molar-refractivity contribution in [2.75, 3.05) is 11.3 Å². The number of rotatable bonds is 9. The molecule has 0 fully saturated rings. The van der Waals surface area contributed by atoms with Crippen LogP contribution in [0.15, 0.2) is 77.8 Å². The van der Waals surface area contributed by atoms with E-state index >= 15 is 0 Å². The van der Waals surface area contributed by atoms with Crippen molar-refractivity contribution in [3.63, 3.8) is 0 Å². The van der Waals surface area contributed by atoms with Gasteiger partial charge in [0.1, 0.15) is 11.3 Å². The third kappa shape index (κ3) is 5.57. The van der Waals surface area contributed by atoms with Gasteiger partial charge >= 0.3 is 0 Å². The number of carbonyl (C=O) groups is 1. The zero-order valence-corrected chi connectivity index (χ0v) is 17.4. The molecule has 0 radical (unpaired) electrons. The lowest BCUT2D eigenvalue weighted by molar-refractivity contribution is 0.0950. The molecule has 1 amide bonds. The fraction of sp³-hybridized carbons (Fsp3) is 0.182. The van der Waals surface area contributed by atoms with E-state index in [1.807, 2.05) is 6.92 Å². The number of amides is 1. The first-order valence-corrected chi connectivity index (χ1v) is 11.1. The van der Waals surface area contributed by atoms with Crippen molar-refractivity contribution in [2.45, 2.75) is 24.7 Å². The second kappa shape index (κ2) is 9.89. The molecule has 0 unspecified atom stereocenters. The van der Waals surface area contributed by atoms with E-state index in [2.05, 4.69) is 15.0 Å². The molecule has 0 aliphatic carbocycles. The Bertz CT molecular complexity index is 1080. The minimum atomic E-state index is -3.67. The summed E-state index contributed by atoms with van der Waals surface area (Å²) in [6.45, 7) is 2.63. The van der Waals surface area contributed by atoms with Gasteiger partial charge in [0.2, 0.25) is 5.88 Å². The fourth-order valence-electron chi connectivity index (χ4n) is 2.64. The zero-order chi connectivity index (χ0) is 21.4. The molecule has 2 N–H and O–H groups in total. The Morgan fingerprint density at radius 3 is 2.43 bits per heavy atom. The lowest BCUT2D eigenvalue weighted by atomic mass is 10.2. The standard InChI is InChI=1S/C22H23N3O4S/c1-2-3-15-23-21(26)20-10-7-16-24-22(20)29-18-13-11-17(12-14-18)25-30(27,28)19-8-5-4-6-9-19/h4-14,16,25H,2-3,15H2,1H3,(H,23,26). The summed E-state index contributed by atoms with van der Waals surface area (Å²) in [5.74, 6) is 0.363. The Morgan fingerprint density at radius 2 is 1.73 bits per heavy atom.